The van der Waals surface area contributed by atoms with E-state index in [4.69, 9.17) is 18.9 Å². The second-order valence-electron chi connectivity index (χ2n) is 11.1. The topological polar surface area (TPSA) is 108 Å². The van der Waals surface area contributed by atoms with Crippen LogP contribution in [0.2, 0.25) is 0 Å². The first-order chi connectivity index (χ1) is 22.2. The fraction of sp³-hybridized carbons (Fsp3) is 0.171. The lowest BCUT2D eigenvalue weighted by molar-refractivity contribution is -0.0151. The molecule has 0 aliphatic heterocycles. The van der Waals surface area contributed by atoms with Crippen LogP contribution in [0.1, 0.15) is 13.8 Å². The summed E-state index contributed by atoms with van der Waals surface area (Å²) >= 11 is 0. The number of nitrogens with one attached hydrogen (secondary N) is 2. The SMILES string of the molecule is COc1cc2c(Oc3ccc(Nc4nccc5[nH]cc(-c6ccc(F)cc6)c(=O)c45)cc3F)ccnc2cc1OCC(C)(C)OC. The zero-order valence-corrected chi connectivity index (χ0v) is 25.5. The standard InChI is InChI=1S/C35H30F2N4O5/c1-35(2,44-4)19-45-31-17-27-23(16-30(31)43-3)28(12-14-38-27)46-29-10-9-22(15-25(29)37)41-34-32-26(11-13-39-34)40-18-24(33(32)42)20-5-7-21(36)8-6-20/h5-18H,19H2,1-4H3,(H,39,41)(H,40,42). The van der Waals surface area contributed by atoms with Crippen LogP contribution < -0.4 is 25.0 Å². The highest BCUT2D eigenvalue weighted by molar-refractivity contribution is 5.93. The molecule has 0 saturated carbocycles. The molecule has 0 radical (unpaired) electrons. The summed E-state index contributed by atoms with van der Waals surface area (Å²) in [6, 6.07) is 16.7. The Hall–Kier alpha value is -5.55. The molecule has 3 aromatic heterocycles. The summed E-state index contributed by atoms with van der Waals surface area (Å²) in [5, 5.41) is 3.92. The highest BCUT2D eigenvalue weighted by Gasteiger charge is 2.20. The largest absolute Gasteiger partial charge is 0.493 e. The van der Waals surface area contributed by atoms with Crippen LogP contribution in [0.3, 0.4) is 0 Å². The van der Waals surface area contributed by atoms with Gasteiger partial charge >= 0.3 is 0 Å². The zero-order valence-electron chi connectivity index (χ0n) is 25.5. The Kier molecular flexibility index (Phi) is 8.25. The number of aromatic amines is 1. The molecule has 0 aliphatic rings. The van der Waals surface area contributed by atoms with Crippen molar-refractivity contribution in [1.82, 2.24) is 15.0 Å². The van der Waals surface area contributed by atoms with Crippen LogP contribution >= 0.6 is 0 Å². The number of rotatable bonds is 10. The monoisotopic (exact) mass is 624 g/mol. The van der Waals surface area contributed by atoms with Crippen molar-refractivity contribution in [1.29, 1.82) is 0 Å². The summed E-state index contributed by atoms with van der Waals surface area (Å²) in [6.45, 7) is 4.10. The molecule has 3 heterocycles. The molecule has 6 aromatic rings. The zero-order chi connectivity index (χ0) is 32.4. The van der Waals surface area contributed by atoms with Crippen molar-refractivity contribution < 1.29 is 27.7 Å². The average molecular weight is 625 g/mol. The van der Waals surface area contributed by atoms with Gasteiger partial charge in [-0.1, -0.05) is 12.1 Å². The number of hydrogen-bond donors (Lipinski definition) is 2. The number of benzene rings is 3. The van der Waals surface area contributed by atoms with Crippen LogP contribution in [0.25, 0.3) is 32.9 Å². The van der Waals surface area contributed by atoms with Gasteiger partial charge in [-0.15, -0.1) is 0 Å². The van der Waals surface area contributed by atoms with E-state index in [2.05, 4.69) is 20.3 Å². The van der Waals surface area contributed by atoms with Gasteiger partial charge in [0, 0.05) is 54.5 Å². The summed E-state index contributed by atoms with van der Waals surface area (Å²) < 4.78 is 51.9. The molecule has 0 aliphatic carbocycles. The second kappa shape index (κ2) is 12.4. The van der Waals surface area contributed by atoms with E-state index >= 15 is 4.39 Å². The van der Waals surface area contributed by atoms with E-state index in [9.17, 15) is 9.18 Å². The number of halogens is 2. The number of fused-ring (bicyclic) bond motifs is 2. The molecule has 11 heteroatoms. The van der Waals surface area contributed by atoms with Gasteiger partial charge in [0.1, 0.15) is 24.0 Å². The van der Waals surface area contributed by atoms with Gasteiger partial charge in [0.05, 0.1) is 29.1 Å². The first kappa shape index (κ1) is 30.5. The molecule has 0 fully saturated rings. The molecule has 9 nitrogen and oxygen atoms in total. The Morgan fingerprint density at radius 1 is 0.870 bits per heavy atom. The molecule has 2 N–H and O–H groups in total. The minimum atomic E-state index is -0.648. The number of ether oxygens (including phenoxy) is 4. The number of methoxy groups -OCH3 is 2. The van der Waals surface area contributed by atoms with E-state index < -0.39 is 17.2 Å². The van der Waals surface area contributed by atoms with Crippen molar-refractivity contribution in [2.24, 2.45) is 0 Å². The molecule has 0 atom stereocenters. The van der Waals surface area contributed by atoms with E-state index in [1.54, 1.807) is 49.8 Å². The van der Waals surface area contributed by atoms with Gasteiger partial charge in [-0.3, -0.25) is 9.78 Å². The summed E-state index contributed by atoms with van der Waals surface area (Å²) in [7, 11) is 3.14. The molecule has 0 saturated heterocycles. The Morgan fingerprint density at radius 2 is 1.65 bits per heavy atom. The predicted octanol–water partition coefficient (Wildman–Crippen LogP) is 7.76. The van der Waals surface area contributed by atoms with Crippen molar-refractivity contribution in [2.45, 2.75) is 19.4 Å². The quantitative estimate of drug-likeness (QED) is 0.159. The number of pyridine rings is 3. The van der Waals surface area contributed by atoms with Crippen LogP contribution in [0.5, 0.6) is 23.0 Å². The van der Waals surface area contributed by atoms with E-state index in [1.807, 2.05) is 13.8 Å². The normalized spacial score (nSPS) is 11.5. The highest BCUT2D eigenvalue weighted by Crippen LogP contribution is 2.38. The van der Waals surface area contributed by atoms with E-state index in [-0.39, 0.29) is 29.0 Å². The van der Waals surface area contributed by atoms with Gasteiger partial charge < -0.3 is 29.2 Å². The number of nitrogens with zero attached hydrogens (tertiary/aromatic N) is 2. The molecule has 0 unspecified atom stereocenters. The maximum absolute atomic E-state index is 15.4. The first-order valence-electron chi connectivity index (χ1n) is 14.3. The maximum atomic E-state index is 15.4. The molecule has 46 heavy (non-hydrogen) atoms. The Bertz CT molecular complexity index is 2120. The van der Waals surface area contributed by atoms with Crippen LogP contribution in [-0.2, 0) is 4.74 Å². The Balaban J connectivity index is 1.28. The lowest BCUT2D eigenvalue weighted by Crippen LogP contribution is -2.30. The summed E-state index contributed by atoms with van der Waals surface area (Å²) in [5.41, 5.74) is 1.51. The highest BCUT2D eigenvalue weighted by atomic mass is 19.1. The summed E-state index contributed by atoms with van der Waals surface area (Å²) in [5.74, 6) is 0.455. The summed E-state index contributed by atoms with van der Waals surface area (Å²) in [6.07, 6.45) is 4.66. The third-order valence-corrected chi connectivity index (χ3v) is 7.48. The summed E-state index contributed by atoms with van der Waals surface area (Å²) in [4.78, 5) is 25.4. The van der Waals surface area contributed by atoms with E-state index in [0.29, 0.717) is 50.5 Å². The van der Waals surface area contributed by atoms with Crippen molar-refractivity contribution in [3.63, 3.8) is 0 Å². The third kappa shape index (κ3) is 6.18. The number of anilines is 2. The van der Waals surface area contributed by atoms with E-state index in [1.165, 1.54) is 49.7 Å². The maximum Gasteiger partial charge on any atom is 0.200 e. The Morgan fingerprint density at radius 3 is 2.39 bits per heavy atom. The lowest BCUT2D eigenvalue weighted by atomic mass is 10.0. The molecular weight excluding hydrogens is 594 g/mol. The van der Waals surface area contributed by atoms with Crippen molar-refractivity contribution in [3.05, 3.63) is 107 Å². The van der Waals surface area contributed by atoms with Gasteiger partial charge in [-0.05, 0) is 61.9 Å². The molecule has 3 aromatic carbocycles. The van der Waals surface area contributed by atoms with Crippen molar-refractivity contribution in [3.8, 4) is 34.1 Å². The minimum Gasteiger partial charge on any atom is -0.493 e. The molecular formula is C35H30F2N4O5. The number of H-pyrrole nitrogens is 1. The molecule has 6 rings (SSSR count). The fourth-order valence-electron chi connectivity index (χ4n) is 4.82. The first-order valence-corrected chi connectivity index (χ1v) is 14.3. The molecule has 0 amide bonds. The van der Waals surface area contributed by atoms with Gasteiger partial charge in [0.2, 0.25) is 5.43 Å². The van der Waals surface area contributed by atoms with Crippen LogP contribution in [0.4, 0.5) is 20.3 Å². The molecule has 0 bridgehead atoms. The second-order valence-corrected chi connectivity index (χ2v) is 11.1. The lowest BCUT2D eigenvalue weighted by Gasteiger charge is -2.23. The smallest absolute Gasteiger partial charge is 0.200 e. The van der Waals surface area contributed by atoms with Crippen LogP contribution in [0.15, 0.2) is 90.1 Å². The van der Waals surface area contributed by atoms with Gasteiger partial charge in [-0.2, -0.15) is 0 Å². The molecule has 234 valence electrons. The number of aromatic nitrogens is 3. The predicted molar refractivity (Wildman–Crippen MR) is 172 cm³/mol. The van der Waals surface area contributed by atoms with Gasteiger partial charge in [0.25, 0.3) is 0 Å². The average Bonchev–Trinajstić information content (AvgIpc) is 3.05. The van der Waals surface area contributed by atoms with Crippen molar-refractivity contribution in [2.75, 3.05) is 26.1 Å². The van der Waals surface area contributed by atoms with E-state index in [0.717, 1.165) is 0 Å². The van der Waals surface area contributed by atoms with Gasteiger partial charge in [0.15, 0.2) is 23.1 Å². The fourth-order valence-corrected chi connectivity index (χ4v) is 4.82. The Labute approximate surface area is 262 Å². The van der Waals surface area contributed by atoms with Crippen LogP contribution in [-0.4, -0.2) is 41.4 Å². The molecule has 0 spiro atoms. The van der Waals surface area contributed by atoms with Gasteiger partial charge in [-0.25, -0.2) is 13.8 Å². The van der Waals surface area contributed by atoms with Crippen molar-refractivity contribution >= 4 is 33.3 Å². The minimum absolute atomic E-state index is 0.0264. The third-order valence-electron chi connectivity index (χ3n) is 7.48. The number of hydrogen-bond acceptors (Lipinski definition) is 8. The van der Waals surface area contributed by atoms with Crippen LogP contribution in [0, 0.1) is 11.6 Å².